The van der Waals surface area contributed by atoms with Crippen molar-refractivity contribution in [2.24, 2.45) is 0 Å². The molecule has 1 atom stereocenters. The molecular formula is C26H49N3. The van der Waals surface area contributed by atoms with Crippen LogP contribution in [-0.2, 0) is 0 Å². The highest BCUT2D eigenvalue weighted by molar-refractivity contribution is 5.67. The van der Waals surface area contributed by atoms with Crippen molar-refractivity contribution in [2.45, 2.75) is 117 Å². The standard InChI is InChI=1S/C26H49N3/c1-5-9-13-14-15-19-24(18-10-6-2)29(26-21-17-16-20-25(26)27)28(22-11-7-3)23-12-8-4/h16-17,20-21,24H,5-15,18-19,22-23,27H2,1-4H3. The Kier molecular flexibility index (Phi) is 14.7. The summed E-state index contributed by atoms with van der Waals surface area (Å²) in [5, 5.41) is 5.25. The average Bonchev–Trinajstić information content (AvgIpc) is 2.73. The number of nitrogen functional groups attached to an aromatic ring is 1. The number of anilines is 2. The maximum atomic E-state index is 6.51. The van der Waals surface area contributed by atoms with Crippen molar-refractivity contribution in [2.75, 3.05) is 23.8 Å². The first-order valence-corrected chi connectivity index (χ1v) is 12.6. The molecule has 29 heavy (non-hydrogen) atoms. The van der Waals surface area contributed by atoms with E-state index in [2.05, 4.69) is 62.0 Å². The topological polar surface area (TPSA) is 32.5 Å². The number of benzene rings is 1. The summed E-state index contributed by atoms with van der Waals surface area (Å²) < 4.78 is 0. The SMILES string of the molecule is CCCCCCCC(CCCC)N(c1ccccc1N)N(CCCC)CCCC. The highest BCUT2D eigenvalue weighted by Crippen LogP contribution is 2.31. The van der Waals surface area contributed by atoms with Crippen molar-refractivity contribution in [1.29, 1.82) is 0 Å². The van der Waals surface area contributed by atoms with E-state index in [4.69, 9.17) is 5.73 Å². The third-order valence-corrected chi connectivity index (χ3v) is 5.91. The molecule has 0 bridgehead atoms. The zero-order chi connectivity index (χ0) is 21.3. The molecule has 0 spiro atoms. The largest absolute Gasteiger partial charge is 0.397 e. The molecule has 168 valence electrons. The van der Waals surface area contributed by atoms with E-state index in [1.165, 1.54) is 89.2 Å². The molecule has 3 nitrogen and oxygen atoms in total. The monoisotopic (exact) mass is 403 g/mol. The van der Waals surface area contributed by atoms with Gasteiger partial charge in [-0.15, -0.1) is 0 Å². The van der Waals surface area contributed by atoms with Gasteiger partial charge >= 0.3 is 0 Å². The average molecular weight is 404 g/mol. The van der Waals surface area contributed by atoms with Crippen molar-refractivity contribution >= 4 is 11.4 Å². The van der Waals surface area contributed by atoms with Gasteiger partial charge in [-0.3, -0.25) is 0 Å². The van der Waals surface area contributed by atoms with Gasteiger partial charge < -0.3 is 10.7 Å². The Bertz CT molecular complexity index is 494. The lowest BCUT2D eigenvalue weighted by molar-refractivity contribution is 0.204. The minimum Gasteiger partial charge on any atom is -0.397 e. The third kappa shape index (κ3) is 9.89. The molecule has 0 heterocycles. The van der Waals surface area contributed by atoms with E-state index in [0.29, 0.717) is 6.04 Å². The number of unbranched alkanes of at least 4 members (excludes halogenated alkanes) is 7. The van der Waals surface area contributed by atoms with Gasteiger partial charge in [0.2, 0.25) is 0 Å². The van der Waals surface area contributed by atoms with Crippen LogP contribution >= 0.6 is 0 Å². The maximum Gasteiger partial charge on any atom is 0.0754 e. The van der Waals surface area contributed by atoms with Crippen molar-refractivity contribution in [3.05, 3.63) is 24.3 Å². The fraction of sp³-hybridized carbons (Fsp3) is 0.769. The fourth-order valence-electron chi connectivity index (χ4n) is 4.10. The van der Waals surface area contributed by atoms with Crippen molar-refractivity contribution < 1.29 is 0 Å². The van der Waals surface area contributed by atoms with Gasteiger partial charge in [0, 0.05) is 19.1 Å². The van der Waals surface area contributed by atoms with Crippen molar-refractivity contribution in [3.8, 4) is 0 Å². The lowest BCUT2D eigenvalue weighted by Crippen LogP contribution is -2.50. The minimum atomic E-state index is 0.551. The summed E-state index contributed by atoms with van der Waals surface area (Å²) in [5.74, 6) is 0. The van der Waals surface area contributed by atoms with Crippen molar-refractivity contribution in [1.82, 2.24) is 5.01 Å². The quantitative estimate of drug-likeness (QED) is 0.154. The van der Waals surface area contributed by atoms with E-state index in [0.717, 1.165) is 18.8 Å². The smallest absolute Gasteiger partial charge is 0.0754 e. The number of nitrogens with zero attached hydrogens (tertiary/aromatic N) is 2. The Morgan fingerprint density at radius 3 is 1.83 bits per heavy atom. The first kappa shape index (κ1) is 25.8. The lowest BCUT2D eigenvalue weighted by atomic mass is 10.00. The van der Waals surface area contributed by atoms with E-state index in [9.17, 15) is 0 Å². The molecule has 0 aliphatic carbocycles. The Morgan fingerprint density at radius 1 is 0.690 bits per heavy atom. The Balaban J connectivity index is 3.10. The molecule has 0 aliphatic heterocycles. The van der Waals surface area contributed by atoms with Crippen LogP contribution in [0.25, 0.3) is 0 Å². The van der Waals surface area contributed by atoms with E-state index in [-0.39, 0.29) is 0 Å². The normalized spacial score (nSPS) is 12.4. The molecule has 0 aliphatic rings. The summed E-state index contributed by atoms with van der Waals surface area (Å²) in [6.45, 7) is 11.4. The predicted octanol–water partition coefficient (Wildman–Crippen LogP) is 7.81. The molecule has 0 saturated carbocycles. The van der Waals surface area contributed by atoms with E-state index in [1.54, 1.807) is 0 Å². The lowest BCUT2D eigenvalue weighted by Gasteiger charge is -2.43. The summed E-state index contributed by atoms with van der Waals surface area (Å²) in [6, 6.07) is 9.06. The number of rotatable bonds is 18. The van der Waals surface area contributed by atoms with Gasteiger partial charge in [-0.25, -0.2) is 5.01 Å². The highest BCUT2D eigenvalue weighted by atomic mass is 15.6. The molecular weight excluding hydrogens is 354 g/mol. The number of nitrogens with two attached hydrogens (primary N) is 1. The van der Waals surface area contributed by atoms with Gasteiger partial charge in [-0.1, -0.05) is 97.6 Å². The fourth-order valence-corrected chi connectivity index (χ4v) is 4.10. The summed E-state index contributed by atoms with van der Waals surface area (Å²) in [6.07, 6.45) is 16.8. The summed E-state index contributed by atoms with van der Waals surface area (Å²) in [7, 11) is 0. The molecule has 1 unspecified atom stereocenters. The van der Waals surface area contributed by atoms with Crippen LogP contribution in [-0.4, -0.2) is 24.1 Å². The Morgan fingerprint density at radius 2 is 1.24 bits per heavy atom. The first-order chi connectivity index (χ1) is 14.2. The van der Waals surface area contributed by atoms with Gasteiger partial charge in [0.25, 0.3) is 0 Å². The van der Waals surface area contributed by atoms with Crippen LogP contribution in [0.3, 0.4) is 0 Å². The minimum absolute atomic E-state index is 0.551. The predicted molar refractivity (Wildman–Crippen MR) is 131 cm³/mol. The van der Waals surface area contributed by atoms with Crippen LogP contribution in [0.4, 0.5) is 11.4 Å². The van der Waals surface area contributed by atoms with Crippen LogP contribution in [0.5, 0.6) is 0 Å². The molecule has 2 N–H and O–H groups in total. The van der Waals surface area contributed by atoms with Gasteiger partial charge in [0.15, 0.2) is 0 Å². The summed E-state index contributed by atoms with van der Waals surface area (Å²) in [4.78, 5) is 0. The summed E-state index contributed by atoms with van der Waals surface area (Å²) in [5.41, 5.74) is 8.64. The number of hydrazine groups is 1. The number of hydrogen-bond donors (Lipinski definition) is 1. The van der Waals surface area contributed by atoms with Crippen LogP contribution in [0.1, 0.15) is 111 Å². The maximum absolute atomic E-state index is 6.51. The van der Waals surface area contributed by atoms with Crippen LogP contribution in [0, 0.1) is 0 Å². The number of para-hydroxylation sites is 2. The van der Waals surface area contributed by atoms with Crippen LogP contribution < -0.4 is 10.7 Å². The Labute approximate surface area is 182 Å². The molecule has 0 radical (unpaired) electrons. The van der Waals surface area contributed by atoms with Crippen LogP contribution in [0.2, 0.25) is 0 Å². The van der Waals surface area contributed by atoms with E-state index < -0.39 is 0 Å². The molecule has 0 aromatic heterocycles. The molecule has 1 aromatic carbocycles. The molecule has 1 aromatic rings. The van der Waals surface area contributed by atoms with Gasteiger partial charge in [0.1, 0.15) is 0 Å². The molecule has 0 fully saturated rings. The van der Waals surface area contributed by atoms with Gasteiger partial charge in [0.05, 0.1) is 11.4 Å². The second kappa shape index (κ2) is 16.6. The third-order valence-electron chi connectivity index (χ3n) is 5.91. The Hall–Kier alpha value is -1.22. The summed E-state index contributed by atoms with van der Waals surface area (Å²) >= 11 is 0. The van der Waals surface area contributed by atoms with Gasteiger partial charge in [-0.05, 0) is 37.8 Å². The second-order valence-corrected chi connectivity index (χ2v) is 8.56. The molecule has 1 rings (SSSR count). The molecule has 3 heteroatoms. The zero-order valence-corrected chi connectivity index (χ0v) is 20.0. The molecule has 0 amide bonds. The second-order valence-electron chi connectivity index (χ2n) is 8.56. The van der Waals surface area contributed by atoms with E-state index >= 15 is 0 Å². The van der Waals surface area contributed by atoms with Crippen LogP contribution in [0.15, 0.2) is 24.3 Å². The van der Waals surface area contributed by atoms with Crippen molar-refractivity contribution in [3.63, 3.8) is 0 Å². The highest BCUT2D eigenvalue weighted by Gasteiger charge is 2.25. The zero-order valence-electron chi connectivity index (χ0n) is 20.0. The van der Waals surface area contributed by atoms with Gasteiger partial charge in [-0.2, -0.15) is 0 Å². The first-order valence-electron chi connectivity index (χ1n) is 12.6. The van der Waals surface area contributed by atoms with E-state index in [1.807, 2.05) is 0 Å². The molecule has 0 saturated heterocycles. The number of hydrogen-bond acceptors (Lipinski definition) is 3.